The molecule has 0 radical (unpaired) electrons. The van der Waals surface area contributed by atoms with Gasteiger partial charge in [-0.2, -0.15) is 5.10 Å². The van der Waals surface area contributed by atoms with Crippen LogP contribution in [0.15, 0.2) is 53.3 Å². The van der Waals surface area contributed by atoms with Gasteiger partial charge in [-0.3, -0.25) is 9.78 Å². The maximum absolute atomic E-state index is 13.6. The van der Waals surface area contributed by atoms with Crippen molar-refractivity contribution in [3.63, 3.8) is 0 Å². The molecule has 0 saturated heterocycles. The lowest BCUT2D eigenvalue weighted by molar-refractivity contribution is 0.0646. The van der Waals surface area contributed by atoms with Gasteiger partial charge < -0.3 is 14.3 Å². The molecule has 6 rings (SSSR count). The van der Waals surface area contributed by atoms with Gasteiger partial charge in [-0.25, -0.2) is 9.50 Å². The average molecular weight is 458 g/mol. The van der Waals surface area contributed by atoms with E-state index in [1.807, 2.05) is 41.8 Å². The van der Waals surface area contributed by atoms with E-state index in [4.69, 9.17) is 9.52 Å². The largest absolute Gasteiger partial charge is 0.412 e. The van der Waals surface area contributed by atoms with Gasteiger partial charge in [0.25, 0.3) is 0 Å². The van der Waals surface area contributed by atoms with Crippen molar-refractivity contribution >= 4 is 26.1 Å². The molecule has 10 nitrogen and oxygen atoms in total. The van der Waals surface area contributed by atoms with E-state index in [9.17, 15) is 4.79 Å². The lowest BCUT2D eigenvalue weighted by atomic mass is 9.99. The number of carbonyl (C=O) groups excluding carboxylic acids is 1. The molecule has 0 aliphatic carbocycles. The molecule has 0 bridgehead atoms. The Balaban J connectivity index is 1.41. The van der Waals surface area contributed by atoms with Crippen LogP contribution in [0.25, 0.3) is 17.0 Å². The summed E-state index contributed by atoms with van der Waals surface area (Å²) < 4.78 is 7.62. The zero-order chi connectivity index (χ0) is 22.5. The second kappa shape index (κ2) is 7.60. The maximum atomic E-state index is 13.6. The molecule has 0 saturated carbocycles. The number of hydrogen-bond acceptors (Lipinski definition) is 7. The SMILES string of the molecule is Cc1ncccc1-c1nnc(C(=O)N2CCc3[nH]cnc3[C@H]2c2cc3cccc(P)n3n2)o1. The fraction of sp³-hybridized carbons (Fsp3) is 0.182. The smallest absolute Gasteiger partial charge is 0.312 e. The van der Waals surface area contributed by atoms with Crippen molar-refractivity contribution in [1.82, 2.24) is 39.7 Å². The number of carbonyl (C=O) groups is 1. The molecule has 164 valence electrons. The number of hydrogen-bond donors (Lipinski definition) is 1. The van der Waals surface area contributed by atoms with Crippen LogP contribution in [0.5, 0.6) is 0 Å². The van der Waals surface area contributed by atoms with Gasteiger partial charge in [0.1, 0.15) is 6.04 Å². The number of aromatic amines is 1. The summed E-state index contributed by atoms with van der Waals surface area (Å²) in [5.74, 6) is -0.178. The summed E-state index contributed by atoms with van der Waals surface area (Å²) in [6, 6.07) is 11.0. The zero-order valence-electron chi connectivity index (χ0n) is 17.6. The van der Waals surface area contributed by atoms with E-state index in [0.717, 1.165) is 28.0 Å². The Kier molecular flexibility index (Phi) is 4.55. The highest BCUT2D eigenvalue weighted by atomic mass is 31.0. The van der Waals surface area contributed by atoms with Crippen LogP contribution in [-0.4, -0.2) is 52.1 Å². The van der Waals surface area contributed by atoms with Gasteiger partial charge in [0.15, 0.2) is 0 Å². The lowest BCUT2D eigenvalue weighted by Crippen LogP contribution is -2.41. The maximum Gasteiger partial charge on any atom is 0.312 e. The molecule has 11 heteroatoms. The van der Waals surface area contributed by atoms with Crippen LogP contribution in [0.1, 0.15) is 39.5 Å². The fourth-order valence-corrected chi connectivity index (χ4v) is 4.55. The van der Waals surface area contributed by atoms with Crippen LogP contribution in [0.3, 0.4) is 0 Å². The third-order valence-corrected chi connectivity index (χ3v) is 6.28. The number of amides is 1. The van der Waals surface area contributed by atoms with Crippen molar-refractivity contribution in [2.24, 2.45) is 0 Å². The van der Waals surface area contributed by atoms with Crippen molar-refractivity contribution in [3.8, 4) is 11.5 Å². The molecule has 0 spiro atoms. The van der Waals surface area contributed by atoms with E-state index in [0.29, 0.717) is 24.2 Å². The van der Waals surface area contributed by atoms with E-state index in [1.54, 1.807) is 23.5 Å². The fourth-order valence-electron chi connectivity index (χ4n) is 4.24. The monoisotopic (exact) mass is 458 g/mol. The van der Waals surface area contributed by atoms with Gasteiger partial charge in [-0.15, -0.1) is 10.2 Å². The van der Waals surface area contributed by atoms with Crippen molar-refractivity contribution in [1.29, 1.82) is 0 Å². The first-order valence-electron chi connectivity index (χ1n) is 10.4. The minimum atomic E-state index is -0.479. The van der Waals surface area contributed by atoms with E-state index in [1.165, 1.54) is 0 Å². The Labute approximate surface area is 190 Å². The van der Waals surface area contributed by atoms with Gasteiger partial charge in [0.2, 0.25) is 5.89 Å². The first kappa shape index (κ1) is 19.8. The van der Waals surface area contributed by atoms with Crippen molar-refractivity contribution in [3.05, 3.63) is 77.6 Å². The number of H-pyrrole nitrogens is 1. The highest BCUT2D eigenvalue weighted by Crippen LogP contribution is 2.34. The van der Waals surface area contributed by atoms with Crippen LogP contribution in [0, 0.1) is 6.92 Å². The number of aromatic nitrogens is 7. The molecule has 1 amide bonds. The lowest BCUT2D eigenvalue weighted by Gasteiger charge is -2.32. The molecule has 5 aromatic heterocycles. The minimum Gasteiger partial charge on any atom is -0.412 e. The predicted octanol–water partition coefficient (Wildman–Crippen LogP) is 2.10. The molecule has 0 fully saturated rings. The van der Waals surface area contributed by atoms with Gasteiger partial charge in [-0.05, 0) is 37.3 Å². The number of nitrogens with zero attached hydrogens (tertiary/aromatic N) is 7. The molecule has 1 unspecified atom stereocenters. The second-order valence-corrected chi connectivity index (χ2v) is 8.41. The molecule has 6 heterocycles. The summed E-state index contributed by atoms with van der Waals surface area (Å²) in [5, 5.41) is 12.9. The normalized spacial score (nSPS) is 15.7. The molecule has 33 heavy (non-hydrogen) atoms. The van der Waals surface area contributed by atoms with E-state index in [-0.39, 0.29) is 17.7 Å². The van der Waals surface area contributed by atoms with E-state index < -0.39 is 6.04 Å². The van der Waals surface area contributed by atoms with Gasteiger partial charge >= 0.3 is 11.8 Å². The molecular weight excluding hydrogens is 439 g/mol. The van der Waals surface area contributed by atoms with Gasteiger partial charge in [0, 0.05) is 30.6 Å². The number of fused-ring (bicyclic) bond motifs is 2. The Morgan fingerprint density at radius 2 is 2.12 bits per heavy atom. The molecular formula is C22H19N8O2P. The van der Waals surface area contributed by atoms with Crippen molar-refractivity contribution in [2.45, 2.75) is 19.4 Å². The minimum absolute atomic E-state index is 0.0762. The summed E-state index contributed by atoms with van der Waals surface area (Å²) in [7, 11) is 2.68. The number of nitrogens with one attached hydrogen (secondary N) is 1. The molecule has 1 aliphatic heterocycles. The highest BCUT2D eigenvalue weighted by Gasteiger charge is 2.38. The van der Waals surface area contributed by atoms with Crippen molar-refractivity contribution < 1.29 is 9.21 Å². The Morgan fingerprint density at radius 1 is 1.21 bits per heavy atom. The summed E-state index contributed by atoms with van der Waals surface area (Å²) in [6.45, 7) is 2.31. The highest BCUT2D eigenvalue weighted by molar-refractivity contribution is 7.27. The Morgan fingerprint density at radius 3 is 2.97 bits per heavy atom. The summed E-state index contributed by atoms with van der Waals surface area (Å²) in [6.07, 6.45) is 3.98. The molecule has 0 aromatic carbocycles. The zero-order valence-corrected chi connectivity index (χ0v) is 18.8. The number of rotatable bonds is 3. The first-order chi connectivity index (χ1) is 16.1. The van der Waals surface area contributed by atoms with Crippen LogP contribution in [0.4, 0.5) is 0 Å². The van der Waals surface area contributed by atoms with Gasteiger partial charge in [0.05, 0.1) is 34.2 Å². The molecule has 1 aliphatic rings. The quantitative estimate of drug-likeness (QED) is 0.411. The molecule has 2 atom stereocenters. The van der Waals surface area contributed by atoms with Crippen molar-refractivity contribution in [2.75, 3.05) is 6.54 Å². The topological polar surface area (TPSA) is 118 Å². The summed E-state index contributed by atoms with van der Waals surface area (Å²) in [4.78, 5) is 27.2. The van der Waals surface area contributed by atoms with E-state index >= 15 is 0 Å². The summed E-state index contributed by atoms with van der Waals surface area (Å²) in [5.41, 5.74) is 5.77. The predicted molar refractivity (Wildman–Crippen MR) is 122 cm³/mol. The Hall–Kier alpha value is -3.91. The second-order valence-electron chi connectivity index (χ2n) is 7.82. The molecule has 1 N–H and O–H groups in total. The third-order valence-electron chi connectivity index (χ3n) is 5.85. The average Bonchev–Trinajstić information content (AvgIpc) is 3.57. The third kappa shape index (κ3) is 3.22. The van der Waals surface area contributed by atoms with Crippen LogP contribution >= 0.6 is 9.24 Å². The van der Waals surface area contributed by atoms with Crippen LogP contribution < -0.4 is 5.44 Å². The van der Waals surface area contributed by atoms with E-state index in [2.05, 4.69) is 34.4 Å². The molecule has 5 aromatic rings. The van der Waals surface area contributed by atoms with Gasteiger partial charge in [-0.1, -0.05) is 15.3 Å². The number of imidazole rings is 1. The van der Waals surface area contributed by atoms with Crippen LogP contribution in [-0.2, 0) is 6.42 Å². The Bertz CT molecular complexity index is 1500. The summed E-state index contributed by atoms with van der Waals surface area (Å²) >= 11 is 0. The number of pyridine rings is 2. The first-order valence-corrected chi connectivity index (χ1v) is 11.0. The number of aryl methyl sites for hydroxylation is 1. The van der Waals surface area contributed by atoms with Crippen LogP contribution in [0.2, 0.25) is 0 Å². The standard InChI is InChI=1S/C22H19N8O2P/c1-12-14(5-3-8-23-12)20-26-27-21(32-20)22(31)29-9-7-15-18(25-11-24-15)19(29)16-10-13-4-2-6-17(33)30(13)28-16/h2-6,8,10-11,19H,7,9,33H2,1H3,(H,24,25)/t19-/m1/s1.